The van der Waals surface area contributed by atoms with Gasteiger partial charge in [-0.1, -0.05) is 41.4 Å². The van der Waals surface area contributed by atoms with Gasteiger partial charge in [0.2, 0.25) is 0 Å². The van der Waals surface area contributed by atoms with Gasteiger partial charge in [-0.3, -0.25) is 0 Å². The summed E-state index contributed by atoms with van der Waals surface area (Å²) >= 11 is 11.7. The van der Waals surface area contributed by atoms with Crippen LogP contribution in [0.5, 0.6) is 0 Å². The van der Waals surface area contributed by atoms with Gasteiger partial charge < -0.3 is 5.32 Å². The first kappa shape index (κ1) is 12.4. The Morgan fingerprint density at radius 1 is 1.00 bits per heavy atom. The van der Waals surface area contributed by atoms with Crippen molar-refractivity contribution in [2.75, 3.05) is 7.05 Å². The third kappa shape index (κ3) is 2.97. The van der Waals surface area contributed by atoms with E-state index in [1.165, 1.54) is 0 Å². The van der Waals surface area contributed by atoms with Crippen molar-refractivity contribution in [1.82, 2.24) is 10.3 Å². The number of halogens is 2. The van der Waals surface area contributed by atoms with Crippen LogP contribution in [0.2, 0.25) is 10.2 Å². The lowest BCUT2D eigenvalue weighted by Gasteiger charge is -2.16. The molecule has 0 spiro atoms. The molecule has 0 saturated heterocycles. The average molecular weight is 267 g/mol. The van der Waals surface area contributed by atoms with E-state index in [2.05, 4.69) is 10.3 Å². The van der Waals surface area contributed by atoms with Crippen molar-refractivity contribution in [3.8, 4) is 0 Å². The number of benzene rings is 1. The average Bonchev–Trinajstić information content (AvgIpc) is 2.35. The van der Waals surface area contributed by atoms with Gasteiger partial charge in [0.1, 0.15) is 5.15 Å². The summed E-state index contributed by atoms with van der Waals surface area (Å²) in [6.07, 6.45) is 1.78. The molecule has 88 valence electrons. The van der Waals surface area contributed by atoms with Gasteiger partial charge in [-0.2, -0.15) is 0 Å². The molecule has 1 aromatic carbocycles. The zero-order chi connectivity index (χ0) is 12.3. The first-order chi connectivity index (χ1) is 8.20. The topological polar surface area (TPSA) is 24.9 Å². The molecule has 1 aromatic heterocycles. The Labute approximate surface area is 111 Å². The fraction of sp³-hybridized carbons (Fsp3) is 0.154. The SMILES string of the molecule is CNC(c1ccc(Cl)cc1)c1ccc(Cl)nc1. The number of nitrogens with one attached hydrogen (secondary N) is 1. The molecule has 0 aliphatic carbocycles. The maximum atomic E-state index is 5.88. The van der Waals surface area contributed by atoms with Crippen molar-refractivity contribution in [2.24, 2.45) is 0 Å². The molecule has 2 aromatic rings. The van der Waals surface area contributed by atoms with Crippen molar-refractivity contribution in [2.45, 2.75) is 6.04 Å². The summed E-state index contributed by atoms with van der Waals surface area (Å²) in [5, 5.41) is 4.48. The number of hydrogen-bond acceptors (Lipinski definition) is 2. The van der Waals surface area contributed by atoms with Crippen molar-refractivity contribution in [1.29, 1.82) is 0 Å². The van der Waals surface area contributed by atoms with Gasteiger partial charge in [-0.15, -0.1) is 0 Å². The summed E-state index contributed by atoms with van der Waals surface area (Å²) < 4.78 is 0. The largest absolute Gasteiger partial charge is 0.309 e. The Balaban J connectivity index is 2.33. The lowest BCUT2D eigenvalue weighted by molar-refractivity contribution is 0.689. The van der Waals surface area contributed by atoms with Crippen LogP contribution in [0.25, 0.3) is 0 Å². The molecule has 0 radical (unpaired) electrons. The molecule has 0 aliphatic rings. The number of aromatic nitrogens is 1. The van der Waals surface area contributed by atoms with Crippen molar-refractivity contribution in [3.05, 3.63) is 63.9 Å². The minimum Gasteiger partial charge on any atom is -0.309 e. The van der Waals surface area contributed by atoms with Crippen LogP contribution in [0, 0.1) is 0 Å². The van der Waals surface area contributed by atoms with Crippen LogP contribution < -0.4 is 5.32 Å². The summed E-state index contributed by atoms with van der Waals surface area (Å²) in [7, 11) is 1.91. The molecule has 0 amide bonds. The first-order valence-electron chi connectivity index (χ1n) is 5.25. The monoisotopic (exact) mass is 266 g/mol. The Bertz CT molecular complexity index is 434. The van der Waals surface area contributed by atoms with E-state index in [1.54, 1.807) is 12.3 Å². The zero-order valence-corrected chi connectivity index (χ0v) is 10.8. The van der Waals surface area contributed by atoms with Gasteiger partial charge in [0.25, 0.3) is 0 Å². The summed E-state index contributed by atoms with van der Waals surface area (Å²) in [6, 6.07) is 11.6. The van der Waals surface area contributed by atoms with Gasteiger partial charge in [-0.25, -0.2) is 4.98 Å². The number of hydrogen-bond donors (Lipinski definition) is 1. The molecule has 1 atom stereocenters. The van der Waals surface area contributed by atoms with Crippen LogP contribution in [0.4, 0.5) is 0 Å². The fourth-order valence-corrected chi connectivity index (χ4v) is 1.98. The van der Waals surface area contributed by atoms with Gasteiger partial charge in [0.05, 0.1) is 6.04 Å². The number of nitrogens with zero attached hydrogens (tertiary/aromatic N) is 1. The standard InChI is InChI=1S/C13H12Cl2N2/c1-16-13(9-2-5-11(14)6-3-9)10-4-7-12(15)17-8-10/h2-8,13,16H,1H3. The predicted octanol–water partition coefficient (Wildman–Crippen LogP) is 3.70. The van der Waals surface area contributed by atoms with Gasteiger partial charge in [-0.05, 0) is 36.4 Å². The number of rotatable bonds is 3. The summed E-state index contributed by atoms with van der Waals surface area (Å²) in [6.45, 7) is 0. The van der Waals surface area contributed by atoms with E-state index in [0.717, 1.165) is 16.1 Å². The normalized spacial score (nSPS) is 12.4. The van der Waals surface area contributed by atoms with Crippen LogP contribution >= 0.6 is 23.2 Å². The second kappa shape index (κ2) is 5.50. The molecule has 1 N–H and O–H groups in total. The van der Waals surface area contributed by atoms with E-state index in [-0.39, 0.29) is 6.04 Å². The van der Waals surface area contributed by atoms with E-state index < -0.39 is 0 Å². The van der Waals surface area contributed by atoms with Gasteiger partial charge in [0, 0.05) is 11.2 Å². The molecule has 17 heavy (non-hydrogen) atoms. The Hall–Kier alpha value is -1.09. The zero-order valence-electron chi connectivity index (χ0n) is 9.32. The molecule has 0 bridgehead atoms. The third-order valence-electron chi connectivity index (χ3n) is 2.58. The van der Waals surface area contributed by atoms with Crippen LogP contribution in [0.1, 0.15) is 17.2 Å². The third-order valence-corrected chi connectivity index (χ3v) is 3.05. The second-order valence-corrected chi connectivity index (χ2v) is 4.51. The molecule has 2 nitrogen and oxygen atoms in total. The van der Waals surface area contributed by atoms with Crippen LogP contribution in [-0.2, 0) is 0 Å². The summed E-state index contributed by atoms with van der Waals surface area (Å²) in [5.74, 6) is 0. The molecule has 1 unspecified atom stereocenters. The molecule has 4 heteroatoms. The maximum absolute atomic E-state index is 5.88. The highest BCUT2D eigenvalue weighted by Crippen LogP contribution is 2.23. The minimum atomic E-state index is 0.0945. The smallest absolute Gasteiger partial charge is 0.129 e. The second-order valence-electron chi connectivity index (χ2n) is 3.69. The minimum absolute atomic E-state index is 0.0945. The summed E-state index contributed by atoms with van der Waals surface area (Å²) in [5.41, 5.74) is 2.21. The lowest BCUT2D eigenvalue weighted by atomic mass is 10.0. The highest BCUT2D eigenvalue weighted by molar-refractivity contribution is 6.30. The molecule has 0 aliphatic heterocycles. The Morgan fingerprint density at radius 3 is 2.18 bits per heavy atom. The van der Waals surface area contributed by atoms with Gasteiger partial charge in [0.15, 0.2) is 0 Å². The Kier molecular flexibility index (Phi) is 4.00. The fourth-order valence-electron chi connectivity index (χ4n) is 1.74. The van der Waals surface area contributed by atoms with Gasteiger partial charge >= 0.3 is 0 Å². The Morgan fingerprint density at radius 2 is 1.65 bits per heavy atom. The quantitative estimate of drug-likeness (QED) is 0.858. The van der Waals surface area contributed by atoms with Crippen molar-refractivity contribution in [3.63, 3.8) is 0 Å². The van der Waals surface area contributed by atoms with Crippen LogP contribution in [-0.4, -0.2) is 12.0 Å². The molecule has 2 rings (SSSR count). The molecular formula is C13H12Cl2N2. The van der Waals surface area contributed by atoms with E-state index in [1.807, 2.05) is 37.4 Å². The highest BCUT2D eigenvalue weighted by atomic mass is 35.5. The summed E-state index contributed by atoms with van der Waals surface area (Å²) in [4.78, 5) is 4.09. The molecule has 1 heterocycles. The number of pyridine rings is 1. The maximum Gasteiger partial charge on any atom is 0.129 e. The van der Waals surface area contributed by atoms with Crippen LogP contribution in [0.3, 0.4) is 0 Å². The molecule has 0 saturated carbocycles. The lowest BCUT2D eigenvalue weighted by Crippen LogP contribution is -2.17. The van der Waals surface area contributed by atoms with E-state index in [9.17, 15) is 0 Å². The van der Waals surface area contributed by atoms with E-state index in [4.69, 9.17) is 23.2 Å². The van der Waals surface area contributed by atoms with Crippen LogP contribution in [0.15, 0.2) is 42.6 Å². The first-order valence-corrected chi connectivity index (χ1v) is 6.00. The highest BCUT2D eigenvalue weighted by Gasteiger charge is 2.11. The molecular weight excluding hydrogens is 255 g/mol. The predicted molar refractivity (Wildman–Crippen MR) is 71.6 cm³/mol. The van der Waals surface area contributed by atoms with Crippen molar-refractivity contribution >= 4 is 23.2 Å². The van der Waals surface area contributed by atoms with E-state index >= 15 is 0 Å². The van der Waals surface area contributed by atoms with E-state index in [0.29, 0.717) is 5.15 Å². The molecule has 0 fully saturated rings. The van der Waals surface area contributed by atoms with Crippen molar-refractivity contribution < 1.29 is 0 Å².